The van der Waals surface area contributed by atoms with Crippen LogP contribution in [0.25, 0.3) is 11.2 Å². The van der Waals surface area contributed by atoms with Gasteiger partial charge in [-0.15, -0.1) is 0 Å². The third-order valence-electron chi connectivity index (χ3n) is 3.24. The standard InChI is InChI=1S/C13H16N4O/c1-2-17-12-10(4-3-7-14-12)15-13(17)16-11(18)8-9-5-6-9/h3-4,7,9H,2,5-6,8H2,1H3,(H,15,16,18). The van der Waals surface area contributed by atoms with Crippen molar-refractivity contribution in [2.75, 3.05) is 5.32 Å². The predicted octanol–water partition coefficient (Wildman–Crippen LogP) is 2.19. The number of fused-ring (bicyclic) bond motifs is 1. The number of hydrogen-bond acceptors (Lipinski definition) is 3. The third kappa shape index (κ3) is 2.08. The highest BCUT2D eigenvalue weighted by Crippen LogP contribution is 2.32. The highest BCUT2D eigenvalue weighted by Gasteiger charge is 2.25. The molecule has 2 heterocycles. The Morgan fingerprint density at radius 1 is 1.56 bits per heavy atom. The molecule has 1 aliphatic rings. The second-order valence-electron chi connectivity index (χ2n) is 4.72. The number of aryl methyl sites for hydroxylation is 1. The fourth-order valence-corrected chi connectivity index (χ4v) is 2.11. The lowest BCUT2D eigenvalue weighted by atomic mass is 10.3. The Bertz CT molecular complexity index is 586. The number of anilines is 1. The van der Waals surface area contributed by atoms with Crippen LogP contribution in [0.1, 0.15) is 26.2 Å². The summed E-state index contributed by atoms with van der Waals surface area (Å²) in [5.41, 5.74) is 1.64. The molecule has 0 aliphatic heterocycles. The molecule has 2 aromatic rings. The molecule has 18 heavy (non-hydrogen) atoms. The minimum atomic E-state index is 0.0579. The van der Waals surface area contributed by atoms with E-state index < -0.39 is 0 Å². The summed E-state index contributed by atoms with van der Waals surface area (Å²) in [6.45, 7) is 2.76. The van der Waals surface area contributed by atoms with Crippen LogP contribution in [0.3, 0.4) is 0 Å². The molecule has 0 spiro atoms. The van der Waals surface area contributed by atoms with Gasteiger partial charge in [-0.3, -0.25) is 14.7 Å². The smallest absolute Gasteiger partial charge is 0.226 e. The maximum Gasteiger partial charge on any atom is 0.226 e. The van der Waals surface area contributed by atoms with E-state index in [1.807, 2.05) is 23.6 Å². The van der Waals surface area contributed by atoms with Gasteiger partial charge in [-0.25, -0.2) is 9.97 Å². The van der Waals surface area contributed by atoms with Crippen molar-refractivity contribution < 1.29 is 4.79 Å². The number of imidazole rings is 1. The van der Waals surface area contributed by atoms with Gasteiger partial charge in [-0.1, -0.05) is 0 Å². The Hall–Kier alpha value is -1.91. The molecule has 94 valence electrons. The second-order valence-corrected chi connectivity index (χ2v) is 4.72. The fourth-order valence-electron chi connectivity index (χ4n) is 2.11. The van der Waals surface area contributed by atoms with Crippen LogP contribution < -0.4 is 5.32 Å². The molecular formula is C13H16N4O. The number of aromatic nitrogens is 3. The molecule has 1 N–H and O–H groups in total. The van der Waals surface area contributed by atoms with Crippen molar-refractivity contribution in [3.63, 3.8) is 0 Å². The van der Waals surface area contributed by atoms with E-state index in [2.05, 4.69) is 15.3 Å². The molecule has 0 aromatic carbocycles. The van der Waals surface area contributed by atoms with Gasteiger partial charge in [0.25, 0.3) is 0 Å². The molecule has 0 radical (unpaired) electrons. The molecule has 1 fully saturated rings. The number of hydrogen-bond donors (Lipinski definition) is 1. The normalized spacial score (nSPS) is 14.9. The van der Waals surface area contributed by atoms with Crippen molar-refractivity contribution in [3.05, 3.63) is 18.3 Å². The monoisotopic (exact) mass is 244 g/mol. The summed E-state index contributed by atoms with van der Waals surface area (Å²) in [7, 11) is 0. The molecule has 0 atom stereocenters. The lowest BCUT2D eigenvalue weighted by Gasteiger charge is -2.06. The highest BCUT2D eigenvalue weighted by molar-refractivity contribution is 5.91. The molecule has 0 unspecified atom stereocenters. The number of carbonyl (C=O) groups excluding carboxylic acids is 1. The van der Waals surface area contributed by atoms with Crippen molar-refractivity contribution >= 4 is 23.0 Å². The largest absolute Gasteiger partial charge is 0.296 e. The molecule has 1 saturated carbocycles. The first-order valence-electron chi connectivity index (χ1n) is 6.39. The van der Waals surface area contributed by atoms with Gasteiger partial charge >= 0.3 is 0 Å². The van der Waals surface area contributed by atoms with Gasteiger partial charge < -0.3 is 0 Å². The molecule has 5 heteroatoms. The van der Waals surface area contributed by atoms with E-state index in [1.165, 1.54) is 12.8 Å². The molecule has 5 nitrogen and oxygen atoms in total. The Balaban J connectivity index is 1.87. The van der Waals surface area contributed by atoms with E-state index in [4.69, 9.17) is 0 Å². The zero-order valence-corrected chi connectivity index (χ0v) is 10.4. The molecule has 1 amide bonds. The second kappa shape index (κ2) is 4.40. The predicted molar refractivity (Wildman–Crippen MR) is 69.2 cm³/mol. The first kappa shape index (κ1) is 11.2. The van der Waals surface area contributed by atoms with Crippen LogP contribution in [0.5, 0.6) is 0 Å². The summed E-state index contributed by atoms with van der Waals surface area (Å²) in [6.07, 6.45) is 4.71. The molecular weight excluding hydrogens is 228 g/mol. The number of nitrogens with zero attached hydrogens (tertiary/aromatic N) is 3. The van der Waals surface area contributed by atoms with Crippen molar-refractivity contribution in [2.45, 2.75) is 32.7 Å². The SMILES string of the molecule is CCn1c(NC(=O)CC2CC2)nc2cccnc21. The maximum atomic E-state index is 11.8. The topological polar surface area (TPSA) is 59.8 Å². The van der Waals surface area contributed by atoms with Crippen LogP contribution in [-0.4, -0.2) is 20.4 Å². The van der Waals surface area contributed by atoms with Crippen LogP contribution in [0.15, 0.2) is 18.3 Å². The van der Waals surface area contributed by atoms with Gasteiger partial charge in [0, 0.05) is 19.2 Å². The van der Waals surface area contributed by atoms with Crippen LogP contribution >= 0.6 is 0 Å². The summed E-state index contributed by atoms with van der Waals surface area (Å²) in [4.78, 5) is 20.5. The van der Waals surface area contributed by atoms with Crippen molar-refractivity contribution in [1.82, 2.24) is 14.5 Å². The molecule has 1 aliphatic carbocycles. The van der Waals surface area contributed by atoms with Gasteiger partial charge in [0.05, 0.1) is 0 Å². The highest BCUT2D eigenvalue weighted by atomic mass is 16.1. The summed E-state index contributed by atoms with van der Waals surface area (Å²) in [5, 5.41) is 2.90. The maximum absolute atomic E-state index is 11.8. The van der Waals surface area contributed by atoms with Crippen LogP contribution in [0, 0.1) is 5.92 Å². The number of pyridine rings is 1. The first-order chi connectivity index (χ1) is 8.78. The van der Waals surface area contributed by atoms with E-state index in [-0.39, 0.29) is 5.91 Å². The van der Waals surface area contributed by atoms with E-state index in [0.29, 0.717) is 18.3 Å². The van der Waals surface area contributed by atoms with Gasteiger partial charge in [0.1, 0.15) is 5.52 Å². The van der Waals surface area contributed by atoms with Crippen molar-refractivity contribution in [3.8, 4) is 0 Å². The van der Waals surface area contributed by atoms with E-state index in [0.717, 1.165) is 17.7 Å². The Labute approximate surface area is 105 Å². The molecule has 2 aromatic heterocycles. The minimum absolute atomic E-state index is 0.0579. The van der Waals surface area contributed by atoms with E-state index in [1.54, 1.807) is 6.20 Å². The van der Waals surface area contributed by atoms with Gasteiger partial charge in [0.15, 0.2) is 5.65 Å². The lowest BCUT2D eigenvalue weighted by Crippen LogP contribution is -2.16. The van der Waals surface area contributed by atoms with Gasteiger partial charge in [-0.05, 0) is 37.8 Å². The number of carbonyl (C=O) groups is 1. The molecule has 0 bridgehead atoms. The molecule has 3 rings (SSSR count). The molecule has 0 saturated heterocycles. The van der Waals surface area contributed by atoms with Crippen LogP contribution in [0.2, 0.25) is 0 Å². The van der Waals surface area contributed by atoms with E-state index in [9.17, 15) is 4.79 Å². The minimum Gasteiger partial charge on any atom is -0.296 e. The third-order valence-corrected chi connectivity index (χ3v) is 3.24. The zero-order chi connectivity index (χ0) is 12.5. The van der Waals surface area contributed by atoms with Gasteiger partial charge in [0.2, 0.25) is 11.9 Å². The summed E-state index contributed by atoms with van der Waals surface area (Å²) >= 11 is 0. The quantitative estimate of drug-likeness (QED) is 0.896. The van der Waals surface area contributed by atoms with E-state index >= 15 is 0 Å². The Kier molecular flexibility index (Phi) is 2.74. The number of rotatable bonds is 4. The zero-order valence-electron chi connectivity index (χ0n) is 10.4. The van der Waals surface area contributed by atoms with Crippen molar-refractivity contribution in [1.29, 1.82) is 0 Å². The Morgan fingerprint density at radius 2 is 2.39 bits per heavy atom. The van der Waals surface area contributed by atoms with Crippen LogP contribution in [-0.2, 0) is 11.3 Å². The summed E-state index contributed by atoms with van der Waals surface area (Å²) in [6, 6.07) is 3.76. The number of nitrogens with one attached hydrogen (secondary N) is 1. The summed E-state index contributed by atoms with van der Waals surface area (Å²) < 4.78 is 1.93. The average molecular weight is 244 g/mol. The summed E-state index contributed by atoms with van der Waals surface area (Å²) in [5.74, 6) is 1.25. The lowest BCUT2D eigenvalue weighted by molar-refractivity contribution is -0.116. The van der Waals surface area contributed by atoms with Crippen LogP contribution in [0.4, 0.5) is 5.95 Å². The fraction of sp³-hybridized carbons (Fsp3) is 0.462. The Morgan fingerprint density at radius 3 is 3.11 bits per heavy atom. The van der Waals surface area contributed by atoms with Gasteiger partial charge in [-0.2, -0.15) is 0 Å². The average Bonchev–Trinajstić information content (AvgIpc) is 3.09. The first-order valence-corrected chi connectivity index (χ1v) is 6.39. The number of amides is 1. The van der Waals surface area contributed by atoms with Crippen molar-refractivity contribution in [2.24, 2.45) is 5.92 Å².